The van der Waals surface area contributed by atoms with E-state index in [2.05, 4.69) is 20.7 Å². The quantitative estimate of drug-likeness (QED) is 0.484. The van der Waals surface area contributed by atoms with Crippen molar-refractivity contribution < 1.29 is 21.6 Å². The van der Waals surface area contributed by atoms with Crippen molar-refractivity contribution in [2.24, 2.45) is 0 Å². The molecule has 110 valence electrons. The van der Waals surface area contributed by atoms with E-state index in [9.17, 15) is 21.6 Å². The van der Waals surface area contributed by atoms with Gasteiger partial charge in [-0.25, -0.2) is 13.1 Å². The standard InChI is InChI=1S/C10H19BrF3NO2S/c11-7-3-1-2-4-8-15-18(16,17)9-5-6-10(12,13)14/h15H,1-9H2. The first kappa shape index (κ1) is 18.2. The van der Waals surface area contributed by atoms with Gasteiger partial charge in [-0.05, 0) is 19.3 Å². The zero-order chi connectivity index (χ0) is 14.1. The first-order valence-electron chi connectivity index (χ1n) is 5.87. The molecule has 0 amide bonds. The number of hydrogen-bond donors (Lipinski definition) is 1. The molecular weight excluding hydrogens is 335 g/mol. The van der Waals surface area contributed by atoms with E-state index in [1.54, 1.807) is 0 Å². The fourth-order valence-corrected chi connectivity index (χ4v) is 2.86. The molecule has 0 aromatic carbocycles. The molecule has 8 heteroatoms. The third-order valence-corrected chi connectivity index (χ3v) is 4.29. The van der Waals surface area contributed by atoms with E-state index < -0.39 is 28.4 Å². The van der Waals surface area contributed by atoms with Crippen molar-refractivity contribution in [1.29, 1.82) is 0 Å². The molecule has 0 atom stereocenters. The van der Waals surface area contributed by atoms with Crippen LogP contribution < -0.4 is 4.72 Å². The van der Waals surface area contributed by atoms with Gasteiger partial charge in [0.1, 0.15) is 0 Å². The van der Waals surface area contributed by atoms with Gasteiger partial charge in [-0.15, -0.1) is 0 Å². The number of unbranched alkanes of at least 4 members (excludes halogenated alkanes) is 3. The molecule has 0 saturated carbocycles. The van der Waals surface area contributed by atoms with Gasteiger partial charge in [-0.2, -0.15) is 13.2 Å². The van der Waals surface area contributed by atoms with E-state index in [1.165, 1.54) is 0 Å². The van der Waals surface area contributed by atoms with Gasteiger partial charge in [0, 0.05) is 18.3 Å². The third kappa shape index (κ3) is 12.6. The van der Waals surface area contributed by atoms with Gasteiger partial charge < -0.3 is 0 Å². The largest absolute Gasteiger partial charge is 0.389 e. The second-order valence-electron chi connectivity index (χ2n) is 4.04. The molecule has 0 saturated heterocycles. The monoisotopic (exact) mass is 353 g/mol. The van der Waals surface area contributed by atoms with Crippen molar-refractivity contribution in [3.8, 4) is 0 Å². The van der Waals surface area contributed by atoms with Crippen molar-refractivity contribution >= 4 is 26.0 Å². The second kappa shape index (κ2) is 9.14. The summed E-state index contributed by atoms with van der Waals surface area (Å²) in [6.07, 6.45) is -2.05. The molecule has 0 aromatic heterocycles. The number of halogens is 4. The summed E-state index contributed by atoms with van der Waals surface area (Å²) in [6.45, 7) is 0.302. The summed E-state index contributed by atoms with van der Waals surface area (Å²) in [5.74, 6) is -0.464. The average molecular weight is 354 g/mol. The van der Waals surface area contributed by atoms with Gasteiger partial charge >= 0.3 is 6.18 Å². The fraction of sp³-hybridized carbons (Fsp3) is 1.00. The molecule has 0 unspecified atom stereocenters. The van der Waals surface area contributed by atoms with E-state index >= 15 is 0 Å². The fourth-order valence-electron chi connectivity index (χ4n) is 1.34. The molecule has 0 rings (SSSR count). The molecular formula is C10H19BrF3NO2S. The molecule has 0 aliphatic carbocycles. The van der Waals surface area contributed by atoms with E-state index in [1.807, 2.05) is 0 Å². The highest BCUT2D eigenvalue weighted by molar-refractivity contribution is 9.09. The molecule has 0 spiro atoms. The molecule has 1 N–H and O–H groups in total. The zero-order valence-corrected chi connectivity index (χ0v) is 12.5. The van der Waals surface area contributed by atoms with Gasteiger partial charge in [-0.1, -0.05) is 28.8 Å². The summed E-state index contributed by atoms with van der Waals surface area (Å²) < 4.78 is 60.5. The highest BCUT2D eigenvalue weighted by atomic mass is 79.9. The lowest BCUT2D eigenvalue weighted by Gasteiger charge is -2.08. The average Bonchev–Trinajstić information content (AvgIpc) is 2.21. The molecule has 0 fully saturated rings. The number of sulfonamides is 1. The van der Waals surface area contributed by atoms with Gasteiger partial charge in [0.2, 0.25) is 10.0 Å². The van der Waals surface area contributed by atoms with Gasteiger partial charge in [0.15, 0.2) is 0 Å². The molecule has 0 aliphatic rings. The van der Waals surface area contributed by atoms with Crippen molar-refractivity contribution in [3.63, 3.8) is 0 Å². The van der Waals surface area contributed by atoms with Crippen molar-refractivity contribution in [3.05, 3.63) is 0 Å². The highest BCUT2D eigenvalue weighted by Gasteiger charge is 2.27. The van der Waals surface area contributed by atoms with Crippen LogP contribution in [0.5, 0.6) is 0 Å². The topological polar surface area (TPSA) is 46.2 Å². The molecule has 0 bridgehead atoms. The third-order valence-electron chi connectivity index (χ3n) is 2.26. The van der Waals surface area contributed by atoms with Crippen LogP contribution in [0, 0.1) is 0 Å². The SMILES string of the molecule is O=S(=O)(CCCC(F)(F)F)NCCCCCCBr. The van der Waals surface area contributed by atoms with E-state index in [0.717, 1.165) is 24.6 Å². The Labute approximate surface area is 115 Å². The van der Waals surface area contributed by atoms with Crippen LogP contribution in [0.25, 0.3) is 0 Å². The Bertz CT molecular complexity index is 307. The first-order chi connectivity index (χ1) is 8.27. The summed E-state index contributed by atoms with van der Waals surface area (Å²) in [5, 5.41) is 0.927. The molecule has 0 aliphatic heterocycles. The molecule has 0 radical (unpaired) electrons. The molecule has 0 aromatic rings. The van der Waals surface area contributed by atoms with Crippen LogP contribution in [0.15, 0.2) is 0 Å². The summed E-state index contributed by atoms with van der Waals surface area (Å²) >= 11 is 3.29. The van der Waals surface area contributed by atoms with Crippen LogP contribution in [-0.2, 0) is 10.0 Å². The van der Waals surface area contributed by atoms with E-state index in [4.69, 9.17) is 0 Å². The summed E-state index contributed by atoms with van der Waals surface area (Å²) in [5.41, 5.74) is 0. The van der Waals surface area contributed by atoms with Gasteiger partial charge in [-0.3, -0.25) is 0 Å². The maximum atomic E-state index is 11.8. The van der Waals surface area contributed by atoms with Crippen LogP contribution in [0.3, 0.4) is 0 Å². The maximum Gasteiger partial charge on any atom is 0.389 e. The van der Waals surface area contributed by atoms with Gasteiger partial charge in [0.25, 0.3) is 0 Å². The lowest BCUT2D eigenvalue weighted by atomic mass is 10.2. The minimum atomic E-state index is -4.29. The Morgan fingerprint density at radius 1 is 1.00 bits per heavy atom. The number of rotatable bonds is 10. The van der Waals surface area contributed by atoms with Crippen LogP contribution in [0.2, 0.25) is 0 Å². The van der Waals surface area contributed by atoms with Crippen LogP contribution >= 0.6 is 15.9 Å². The van der Waals surface area contributed by atoms with Crippen molar-refractivity contribution in [1.82, 2.24) is 4.72 Å². The Balaban J connectivity index is 3.62. The predicted molar refractivity (Wildman–Crippen MR) is 69.3 cm³/mol. The Hall–Kier alpha value is 0.180. The Morgan fingerprint density at radius 3 is 2.17 bits per heavy atom. The molecule has 18 heavy (non-hydrogen) atoms. The number of hydrogen-bond acceptors (Lipinski definition) is 2. The summed E-state index contributed by atoms with van der Waals surface area (Å²) in [4.78, 5) is 0. The smallest absolute Gasteiger partial charge is 0.215 e. The van der Waals surface area contributed by atoms with Crippen LogP contribution in [-0.4, -0.2) is 32.2 Å². The maximum absolute atomic E-state index is 11.8. The van der Waals surface area contributed by atoms with Crippen molar-refractivity contribution in [2.75, 3.05) is 17.6 Å². The lowest BCUT2D eigenvalue weighted by Crippen LogP contribution is -2.28. The van der Waals surface area contributed by atoms with E-state index in [-0.39, 0.29) is 6.42 Å². The highest BCUT2D eigenvalue weighted by Crippen LogP contribution is 2.21. The second-order valence-corrected chi connectivity index (χ2v) is 6.75. The lowest BCUT2D eigenvalue weighted by molar-refractivity contribution is -0.134. The number of nitrogens with one attached hydrogen (secondary N) is 1. The Morgan fingerprint density at radius 2 is 1.61 bits per heavy atom. The Kier molecular flexibility index (Phi) is 9.23. The normalized spacial score (nSPS) is 12.9. The van der Waals surface area contributed by atoms with E-state index in [0.29, 0.717) is 13.0 Å². The first-order valence-corrected chi connectivity index (χ1v) is 8.64. The zero-order valence-electron chi connectivity index (χ0n) is 10.1. The molecule has 0 heterocycles. The minimum Gasteiger partial charge on any atom is -0.215 e. The van der Waals surface area contributed by atoms with Crippen LogP contribution in [0.4, 0.5) is 13.2 Å². The van der Waals surface area contributed by atoms with Gasteiger partial charge in [0.05, 0.1) is 5.75 Å². The van der Waals surface area contributed by atoms with Crippen LogP contribution in [0.1, 0.15) is 38.5 Å². The minimum absolute atomic E-state index is 0.302. The van der Waals surface area contributed by atoms with Crippen molar-refractivity contribution in [2.45, 2.75) is 44.7 Å². The predicted octanol–water partition coefficient (Wildman–Crippen LogP) is 3.20. The summed E-state index contributed by atoms with van der Waals surface area (Å²) in [7, 11) is -3.56. The number of alkyl halides is 4. The molecule has 3 nitrogen and oxygen atoms in total. The summed E-state index contributed by atoms with van der Waals surface area (Å²) in [6, 6.07) is 0.